The molecule has 1 aromatic carbocycles. The Hall–Kier alpha value is -0.970. The van der Waals surface area contributed by atoms with Crippen molar-refractivity contribution in [3.05, 3.63) is 33.9 Å². The van der Waals surface area contributed by atoms with Crippen molar-refractivity contribution in [1.29, 1.82) is 0 Å². The first-order valence-corrected chi connectivity index (χ1v) is 5.04. The lowest BCUT2D eigenvalue weighted by molar-refractivity contribution is -0.136. The molecule has 0 saturated heterocycles. The predicted molar refractivity (Wildman–Crippen MR) is 55.7 cm³/mol. The SMILES string of the molecule is Cc1[nH]c2ccc(Br)cc2c1C(F)(F)F. The lowest BCUT2D eigenvalue weighted by Gasteiger charge is -2.06. The molecule has 2 aromatic rings. The van der Waals surface area contributed by atoms with E-state index in [1.54, 1.807) is 12.1 Å². The largest absolute Gasteiger partial charge is 0.418 e. The minimum atomic E-state index is -4.32. The smallest absolute Gasteiger partial charge is 0.358 e. The number of nitrogens with one attached hydrogen (secondary N) is 1. The van der Waals surface area contributed by atoms with Gasteiger partial charge >= 0.3 is 6.18 Å². The fourth-order valence-electron chi connectivity index (χ4n) is 1.66. The van der Waals surface area contributed by atoms with Crippen LogP contribution >= 0.6 is 15.9 Å². The Labute approximate surface area is 92.4 Å². The molecule has 1 N–H and O–H groups in total. The number of aromatic nitrogens is 1. The summed E-state index contributed by atoms with van der Waals surface area (Å²) < 4.78 is 38.8. The Morgan fingerprint density at radius 2 is 1.93 bits per heavy atom. The van der Waals surface area contributed by atoms with Crippen molar-refractivity contribution in [1.82, 2.24) is 4.98 Å². The fraction of sp³-hybridized carbons (Fsp3) is 0.200. The highest BCUT2D eigenvalue weighted by Gasteiger charge is 2.35. The lowest BCUT2D eigenvalue weighted by Crippen LogP contribution is -2.05. The van der Waals surface area contributed by atoms with Crippen molar-refractivity contribution < 1.29 is 13.2 Å². The second kappa shape index (κ2) is 3.27. The molecule has 0 radical (unpaired) electrons. The van der Waals surface area contributed by atoms with Gasteiger partial charge in [-0.05, 0) is 25.1 Å². The van der Waals surface area contributed by atoms with Crippen molar-refractivity contribution >= 4 is 26.8 Å². The van der Waals surface area contributed by atoms with Gasteiger partial charge in [-0.3, -0.25) is 0 Å². The van der Waals surface area contributed by atoms with E-state index in [0.29, 0.717) is 9.99 Å². The number of rotatable bonds is 0. The second-order valence-corrected chi connectivity index (χ2v) is 4.23. The Morgan fingerprint density at radius 3 is 2.53 bits per heavy atom. The van der Waals surface area contributed by atoms with Crippen LogP contribution in [-0.4, -0.2) is 4.98 Å². The molecule has 0 unspecified atom stereocenters. The molecule has 2 rings (SSSR count). The molecule has 1 heterocycles. The molecule has 80 valence electrons. The maximum atomic E-state index is 12.7. The third-order valence-corrected chi connectivity index (χ3v) is 2.72. The summed E-state index contributed by atoms with van der Waals surface area (Å²) in [7, 11) is 0. The van der Waals surface area contributed by atoms with Crippen LogP contribution in [-0.2, 0) is 6.18 Å². The van der Waals surface area contributed by atoms with E-state index in [-0.39, 0.29) is 11.1 Å². The molecule has 0 aliphatic heterocycles. The molecule has 0 spiro atoms. The van der Waals surface area contributed by atoms with Crippen LogP contribution in [0.15, 0.2) is 22.7 Å². The standard InChI is InChI=1S/C10H7BrF3N/c1-5-9(10(12,13)14)7-4-6(11)2-3-8(7)15-5/h2-4,15H,1H3. The van der Waals surface area contributed by atoms with Gasteiger partial charge in [-0.1, -0.05) is 15.9 Å². The number of aromatic amines is 1. The van der Waals surface area contributed by atoms with Gasteiger partial charge < -0.3 is 4.98 Å². The summed E-state index contributed by atoms with van der Waals surface area (Å²) in [4.78, 5) is 2.72. The zero-order valence-corrected chi connectivity index (χ0v) is 9.33. The van der Waals surface area contributed by atoms with Gasteiger partial charge in [-0.15, -0.1) is 0 Å². The molecule has 0 saturated carbocycles. The van der Waals surface area contributed by atoms with E-state index in [4.69, 9.17) is 0 Å². The number of hydrogen-bond acceptors (Lipinski definition) is 0. The van der Waals surface area contributed by atoms with Crippen molar-refractivity contribution in [2.75, 3.05) is 0 Å². The molecule has 5 heteroatoms. The highest BCUT2D eigenvalue weighted by molar-refractivity contribution is 9.10. The first kappa shape index (κ1) is 10.5. The molecule has 0 amide bonds. The highest BCUT2D eigenvalue weighted by Crippen LogP contribution is 2.38. The molecule has 0 aliphatic rings. The van der Waals surface area contributed by atoms with Gasteiger partial charge in [0.15, 0.2) is 0 Å². The van der Waals surface area contributed by atoms with Crippen LogP contribution in [0.3, 0.4) is 0 Å². The van der Waals surface area contributed by atoms with Crippen LogP contribution in [0.25, 0.3) is 10.9 Å². The monoisotopic (exact) mass is 277 g/mol. The van der Waals surface area contributed by atoms with Crippen molar-refractivity contribution in [3.8, 4) is 0 Å². The molecule has 1 nitrogen and oxygen atoms in total. The average molecular weight is 278 g/mol. The maximum absolute atomic E-state index is 12.7. The zero-order chi connectivity index (χ0) is 11.2. The molecule has 0 aliphatic carbocycles. The second-order valence-electron chi connectivity index (χ2n) is 3.31. The van der Waals surface area contributed by atoms with E-state index >= 15 is 0 Å². The summed E-state index contributed by atoms with van der Waals surface area (Å²) in [6, 6.07) is 4.81. The Morgan fingerprint density at radius 1 is 1.27 bits per heavy atom. The summed E-state index contributed by atoms with van der Waals surface area (Å²) in [5.41, 5.74) is 0.0671. The van der Waals surface area contributed by atoms with E-state index in [9.17, 15) is 13.2 Å². The van der Waals surface area contributed by atoms with Crippen molar-refractivity contribution in [2.45, 2.75) is 13.1 Å². The van der Waals surface area contributed by atoms with Gasteiger partial charge in [0, 0.05) is 21.1 Å². The van der Waals surface area contributed by atoms with Crippen LogP contribution in [0.2, 0.25) is 0 Å². The summed E-state index contributed by atoms with van der Waals surface area (Å²) in [5.74, 6) is 0. The number of aryl methyl sites for hydroxylation is 1. The molecule has 0 fully saturated rings. The molecular formula is C10H7BrF3N. The van der Waals surface area contributed by atoms with Gasteiger partial charge in [0.2, 0.25) is 0 Å². The molecule has 15 heavy (non-hydrogen) atoms. The molecule has 1 aromatic heterocycles. The lowest BCUT2D eigenvalue weighted by atomic mass is 10.1. The first-order valence-electron chi connectivity index (χ1n) is 4.24. The normalized spacial score (nSPS) is 12.3. The molecular weight excluding hydrogens is 271 g/mol. The van der Waals surface area contributed by atoms with Gasteiger partial charge in [0.25, 0.3) is 0 Å². The summed E-state index contributed by atoms with van der Waals surface area (Å²) >= 11 is 3.16. The Bertz CT molecular complexity index is 513. The topological polar surface area (TPSA) is 15.8 Å². The van der Waals surface area contributed by atoms with Crippen LogP contribution in [0.1, 0.15) is 11.3 Å². The number of fused-ring (bicyclic) bond motifs is 1. The average Bonchev–Trinajstić information content (AvgIpc) is 2.38. The minimum absolute atomic E-state index is 0.149. The Kier molecular flexibility index (Phi) is 2.30. The quantitative estimate of drug-likeness (QED) is 0.741. The number of hydrogen-bond donors (Lipinski definition) is 1. The van der Waals surface area contributed by atoms with Gasteiger partial charge in [0.1, 0.15) is 0 Å². The highest BCUT2D eigenvalue weighted by atomic mass is 79.9. The van der Waals surface area contributed by atoms with E-state index in [1.165, 1.54) is 13.0 Å². The van der Waals surface area contributed by atoms with Crippen LogP contribution in [0.4, 0.5) is 13.2 Å². The number of benzene rings is 1. The van der Waals surface area contributed by atoms with Crippen LogP contribution in [0, 0.1) is 6.92 Å². The van der Waals surface area contributed by atoms with Crippen LogP contribution in [0.5, 0.6) is 0 Å². The number of H-pyrrole nitrogens is 1. The third-order valence-electron chi connectivity index (χ3n) is 2.23. The fourth-order valence-corrected chi connectivity index (χ4v) is 2.03. The summed E-state index contributed by atoms with van der Waals surface area (Å²) in [6.07, 6.45) is -4.32. The third kappa shape index (κ3) is 1.76. The van der Waals surface area contributed by atoms with Crippen LogP contribution < -0.4 is 0 Å². The van der Waals surface area contributed by atoms with Gasteiger partial charge in [0.05, 0.1) is 5.56 Å². The molecule has 0 bridgehead atoms. The maximum Gasteiger partial charge on any atom is 0.418 e. The van der Waals surface area contributed by atoms with E-state index in [0.717, 1.165) is 0 Å². The number of alkyl halides is 3. The zero-order valence-electron chi connectivity index (χ0n) is 7.74. The van der Waals surface area contributed by atoms with E-state index in [1.807, 2.05) is 0 Å². The predicted octanol–water partition coefficient (Wildman–Crippen LogP) is 4.26. The van der Waals surface area contributed by atoms with Crippen molar-refractivity contribution in [3.63, 3.8) is 0 Å². The summed E-state index contributed by atoms with van der Waals surface area (Å²) in [6.45, 7) is 1.43. The summed E-state index contributed by atoms with van der Waals surface area (Å²) in [5, 5.41) is 0.203. The van der Waals surface area contributed by atoms with Gasteiger partial charge in [-0.2, -0.15) is 13.2 Å². The first-order chi connectivity index (χ1) is 6.89. The molecule has 0 atom stereocenters. The minimum Gasteiger partial charge on any atom is -0.358 e. The Balaban J connectivity index is 2.82. The van der Waals surface area contributed by atoms with Gasteiger partial charge in [-0.25, -0.2) is 0 Å². The van der Waals surface area contributed by atoms with Crippen molar-refractivity contribution in [2.24, 2.45) is 0 Å². The van der Waals surface area contributed by atoms with E-state index < -0.39 is 11.7 Å². The van der Waals surface area contributed by atoms with E-state index in [2.05, 4.69) is 20.9 Å². The number of halogens is 4.